The molecule has 0 aliphatic carbocycles. The number of benzene rings is 3. The lowest BCUT2D eigenvalue weighted by Gasteiger charge is -2.28. The third-order valence-corrected chi connectivity index (χ3v) is 13.6. The van der Waals surface area contributed by atoms with Gasteiger partial charge in [-0.05, 0) is 79.2 Å². The molecule has 3 aromatic carbocycles. The van der Waals surface area contributed by atoms with Gasteiger partial charge in [0.1, 0.15) is 59.8 Å². The molecule has 0 aliphatic heterocycles. The highest BCUT2D eigenvalue weighted by Crippen LogP contribution is 2.15. The van der Waals surface area contributed by atoms with Gasteiger partial charge in [-0.3, -0.25) is 47.9 Å². The van der Waals surface area contributed by atoms with Gasteiger partial charge in [-0.15, -0.1) is 0 Å². The van der Waals surface area contributed by atoms with Crippen LogP contribution in [0.25, 0.3) is 0 Å². The van der Waals surface area contributed by atoms with Gasteiger partial charge < -0.3 is 89.5 Å². The number of aliphatic hydroxyl groups excluding tert-OH is 3. The van der Waals surface area contributed by atoms with Crippen molar-refractivity contribution in [1.82, 2.24) is 53.2 Å². The van der Waals surface area contributed by atoms with Gasteiger partial charge in [0.25, 0.3) is 0 Å². The number of hydrogen-bond donors (Lipinski definition) is 17. The third-order valence-electron chi connectivity index (χ3n) is 13.0. The highest BCUT2D eigenvalue weighted by Gasteiger charge is 2.36. The Morgan fingerprint density at radius 1 is 0.488 bits per heavy atom. The first-order chi connectivity index (χ1) is 39.8. The Labute approximate surface area is 489 Å². The van der Waals surface area contributed by atoms with Crippen molar-refractivity contribution in [2.45, 2.75) is 120 Å². The topological polar surface area (TPSA) is 455 Å². The molecule has 0 saturated heterocycles. The molecular formula is C55H77N11O17S. The second kappa shape index (κ2) is 35.6. The largest absolute Gasteiger partial charge is 0.508 e. The van der Waals surface area contributed by atoms with Crippen LogP contribution in [0.1, 0.15) is 57.2 Å². The number of rotatable bonds is 35. The first-order valence-electron chi connectivity index (χ1n) is 26.7. The van der Waals surface area contributed by atoms with E-state index in [0.29, 0.717) is 28.9 Å². The number of phenols is 2. The molecule has 84 heavy (non-hydrogen) atoms. The van der Waals surface area contributed by atoms with E-state index in [-0.39, 0.29) is 37.2 Å². The average Bonchev–Trinajstić information content (AvgIpc) is 3.53. The third kappa shape index (κ3) is 23.8. The number of nitrogens with one attached hydrogen (secondary N) is 10. The van der Waals surface area contributed by atoms with Crippen LogP contribution in [-0.2, 0) is 72.0 Å². The monoisotopic (exact) mass is 1200 g/mol. The molecular weight excluding hydrogens is 1120 g/mol. The number of hydrogen-bond acceptors (Lipinski definition) is 18. The zero-order chi connectivity index (χ0) is 62.6. The number of amides is 10. The van der Waals surface area contributed by atoms with Gasteiger partial charge in [0.15, 0.2) is 0 Å². The van der Waals surface area contributed by atoms with Crippen molar-refractivity contribution < 1.29 is 83.4 Å². The van der Waals surface area contributed by atoms with E-state index in [1.54, 1.807) is 50.4 Å². The molecule has 0 fully saturated rings. The van der Waals surface area contributed by atoms with Crippen LogP contribution < -0.4 is 58.9 Å². The highest BCUT2D eigenvalue weighted by molar-refractivity contribution is 7.98. The molecule has 0 heterocycles. The van der Waals surface area contributed by atoms with E-state index in [2.05, 4.69) is 53.2 Å². The number of aliphatic hydroxyl groups is 3. The van der Waals surface area contributed by atoms with Crippen molar-refractivity contribution in [3.05, 3.63) is 95.6 Å². The maximum Gasteiger partial charge on any atom is 0.326 e. The minimum absolute atomic E-state index is 0.0250. The predicted molar refractivity (Wildman–Crippen MR) is 305 cm³/mol. The van der Waals surface area contributed by atoms with E-state index >= 15 is 0 Å². The minimum atomic E-state index is -1.80. The number of phenolic OH excluding ortho intramolecular Hbond substituents is 2. The van der Waals surface area contributed by atoms with Gasteiger partial charge in [-0.1, -0.05) is 74.9 Å². The van der Waals surface area contributed by atoms with Gasteiger partial charge in [0.05, 0.1) is 38.4 Å². The SMILES string of the molecule is CC[C@H](C)[C@H](NC(=O)[C@H](CO)NC(=O)CN)C(=O)N[C@@H](Cc1ccccc1)C(=O)NCC(=O)N[C@@H](Cc1ccc(O)cc1)C(=O)N[C@H](C(=O)NCC(=O)N[C@@H](Cc1ccc(O)cc1)C(=O)N[C@H](C(=O)N[C@@H](CCSC)C(=O)O)[C@@H](C)O)[C@@H](C)O. The van der Waals surface area contributed by atoms with Gasteiger partial charge in [0, 0.05) is 19.3 Å². The molecule has 0 radical (unpaired) electrons. The zero-order valence-corrected chi connectivity index (χ0v) is 47.9. The molecule has 18 N–H and O–H groups in total. The fraction of sp³-hybridized carbons (Fsp3) is 0.473. The quantitative estimate of drug-likeness (QED) is 0.0266. The van der Waals surface area contributed by atoms with Crippen LogP contribution in [0.5, 0.6) is 11.5 Å². The number of aliphatic carboxylic acids is 1. The van der Waals surface area contributed by atoms with Gasteiger partial charge in [-0.25, -0.2) is 4.79 Å². The van der Waals surface area contributed by atoms with Gasteiger partial charge in [-0.2, -0.15) is 11.8 Å². The Bertz CT molecular complexity index is 2710. The van der Waals surface area contributed by atoms with E-state index < -0.39 is 158 Å². The number of carbonyl (C=O) groups is 11. The van der Waals surface area contributed by atoms with Crippen LogP contribution in [0.3, 0.4) is 0 Å². The number of aromatic hydroxyl groups is 2. The lowest BCUT2D eigenvalue weighted by atomic mass is 9.96. The molecule has 460 valence electrons. The standard InChI is InChI=1S/C55H77N11O17S/c1-6-29(2)45(64-51(78)41(28-67)61-42(72)25-56)53(80)63-38(22-32-10-8-7-9-11-32)48(75)57-26-43(73)59-39(23-33-12-16-35(70)17-13-33)49(76)65-46(30(3)68)52(79)58-27-44(74)60-40(24-34-14-18-36(71)19-15-34)50(77)66-47(31(4)69)54(81)62-37(55(82)83)20-21-84-5/h7-19,29-31,37-41,45-47,67-71H,6,20-28,56H2,1-5H3,(H,57,75)(H,58,79)(H,59,73)(H,60,74)(H,61,72)(H,62,81)(H,63,80)(H,64,78)(H,65,76)(H,66,77)(H,82,83)/t29-,30+,31+,37-,38-,39-,40-,41-,45-,46-,47-/m0/s1. The van der Waals surface area contributed by atoms with Crippen LogP contribution in [0.15, 0.2) is 78.9 Å². The Kier molecular flexibility index (Phi) is 29.6. The fourth-order valence-electron chi connectivity index (χ4n) is 8.01. The molecule has 0 aromatic heterocycles. The maximum absolute atomic E-state index is 14.1. The van der Waals surface area contributed by atoms with Crippen molar-refractivity contribution in [1.29, 1.82) is 0 Å². The van der Waals surface area contributed by atoms with Crippen LogP contribution in [0.4, 0.5) is 0 Å². The molecule has 28 nitrogen and oxygen atoms in total. The summed E-state index contributed by atoms with van der Waals surface area (Å²) >= 11 is 1.33. The Morgan fingerprint density at radius 3 is 1.31 bits per heavy atom. The van der Waals surface area contributed by atoms with Crippen LogP contribution in [-0.4, -0.2) is 194 Å². The maximum atomic E-state index is 14.1. The molecule has 10 amide bonds. The molecule has 0 unspecified atom stereocenters. The summed E-state index contributed by atoms with van der Waals surface area (Å²) in [4.78, 5) is 147. The van der Waals surface area contributed by atoms with Gasteiger partial charge in [0.2, 0.25) is 59.1 Å². The normalized spacial score (nSPS) is 14.9. The average molecular weight is 1200 g/mol. The van der Waals surface area contributed by atoms with E-state index in [0.717, 1.165) is 6.92 Å². The number of carboxylic acid groups (broad SMARTS) is 1. The minimum Gasteiger partial charge on any atom is -0.508 e. The fourth-order valence-corrected chi connectivity index (χ4v) is 8.48. The lowest BCUT2D eigenvalue weighted by molar-refractivity contribution is -0.143. The Hall–Kier alpha value is -8.38. The second-order valence-corrected chi connectivity index (χ2v) is 20.7. The summed E-state index contributed by atoms with van der Waals surface area (Å²) < 4.78 is 0. The van der Waals surface area contributed by atoms with E-state index in [4.69, 9.17) is 5.73 Å². The van der Waals surface area contributed by atoms with Crippen molar-refractivity contribution in [3.8, 4) is 11.5 Å². The Morgan fingerprint density at radius 2 is 0.881 bits per heavy atom. The molecule has 0 spiro atoms. The van der Waals surface area contributed by atoms with E-state index in [1.807, 2.05) is 0 Å². The summed E-state index contributed by atoms with van der Waals surface area (Å²) in [7, 11) is 0. The number of carbonyl (C=O) groups excluding carboxylic acids is 10. The van der Waals surface area contributed by atoms with E-state index in [1.165, 1.54) is 67.2 Å². The molecule has 29 heteroatoms. The smallest absolute Gasteiger partial charge is 0.326 e. The van der Waals surface area contributed by atoms with Gasteiger partial charge >= 0.3 is 5.97 Å². The van der Waals surface area contributed by atoms with Crippen molar-refractivity contribution in [3.63, 3.8) is 0 Å². The van der Waals surface area contributed by atoms with Crippen LogP contribution >= 0.6 is 11.8 Å². The summed E-state index contributed by atoms with van der Waals surface area (Å²) in [6.07, 6.45) is -1.77. The Balaban J connectivity index is 1.81. The van der Waals surface area contributed by atoms with Crippen molar-refractivity contribution in [2.75, 3.05) is 38.2 Å². The molecule has 0 bridgehead atoms. The summed E-state index contributed by atoms with van der Waals surface area (Å²) in [6, 6.07) is 7.35. The lowest BCUT2D eigenvalue weighted by Crippen LogP contribution is -2.61. The molecule has 0 saturated carbocycles. The number of nitrogens with two attached hydrogens (primary N) is 1. The molecule has 11 atom stereocenters. The number of carboxylic acids is 1. The van der Waals surface area contributed by atoms with Crippen LogP contribution in [0.2, 0.25) is 0 Å². The molecule has 3 aromatic rings. The van der Waals surface area contributed by atoms with Crippen molar-refractivity contribution >= 4 is 76.8 Å². The second-order valence-electron chi connectivity index (χ2n) is 19.7. The summed E-state index contributed by atoms with van der Waals surface area (Å²) in [5.41, 5.74) is 6.70. The van der Waals surface area contributed by atoms with E-state index in [9.17, 15) is 83.4 Å². The first-order valence-corrected chi connectivity index (χ1v) is 28.1. The van der Waals surface area contributed by atoms with Crippen molar-refractivity contribution in [2.24, 2.45) is 11.7 Å². The molecule has 3 rings (SSSR count). The predicted octanol–water partition coefficient (Wildman–Crippen LogP) is -4.17. The summed E-state index contributed by atoms with van der Waals surface area (Å²) in [6.45, 7) is 2.73. The molecule has 0 aliphatic rings. The van der Waals surface area contributed by atoms with Crippen LogP contribution in [0, 0.1) is 5.92 Å². The summed E-state index contributed by atoms with van der Waals surface area (Å²) in [5, 5.41) is 84.5. The first kappa shape index (κ1) is 69.9. The summed E-state index contributed by atoms with van der Waals surface area (Å²) in [5.74, 6) is -11.3. The highest BCUT2D eigenvalue weighted by atomic mass is 32.2. The number of thioether (sulfide) groups is 1. The zero-order valence-electron chi connectivity index (χ0n) is 47.1.